The summed E-state index contributed by atoms with van der Waals surface area (Å²) in [5.74, 6) is -0.362. The molecule has 0 aliphatic carbocycles. The number of nitrogens with zero attached hydrogens (tertiary/aromatic N) is 1. The highest BCUT2D eigenvalue weighted by atomic mass is 32.1. The van der Waals surface area contributed by atoms with Crippen molar-refractivity contribution in [3.8, 4) is 0 Å². The minimum absolute atomic E-state index is 0.0199. The van der Waals surface area contributed by atoms with Gasteiger partial charge < -0.3 is 5.73 Å². The molecule has 0 saturated heterocycles. The average molecular weight is 263 g/mol. The lowest BCUT2D eigenvalue weighted by atomic mass is 10.0. The second kappa shape index (κ2) is 4.66. The van der Waals surface area contributed by atoms with Crippen LogP contribution >= 0.6 is 11.3 Å². The van der Waals surface area contributed by atoms with Crippen molar-refractivity contribution < 1.29 is 4.79 Å². The zero-order valence-corrected chi connectivity index (χ0v) is 11.5. The summed E-state index contributed by atoms with van der Waals surface area (Å²) in [7, 11) is 0. The largest absolute Gasteiger partial charge is 0.368 e. The molecule has 5 heteroatoms. The van der Waals surface area contributed by atoms with E-state index in [1.54, 1.807) is 25.2 Å². The first-order valence-corrected chi connectivity index (χ1v) is 6.69. The molecule has 96 valence electrons. The number of primary amides is 1. The predicted octanol–water partition coefficient (Wildman–Crippen LogP) is 2.21. The molecule has 2 aromatic rings. The molecule has 0 aromatic carbocycles. The van der Waals surface area contributed by atoms with Crippen LogP contribution in [0.25, 0.3) is 10.2 Å². The number of pyridine rings is 1. The van der Waals surface area contributed by atoms with Gasteiger partial charge in [-0.25, -0.2) is 0 Å². The maximum Gasteiger partial charge on any atom is 0.237 e. The molecule has 2 rings (SSSR count). The molecular formula is C13H17N3OS. The molecule has 0 radical (unpaired) electrons. The zero-order chi connectivity index (χ0) is 13.3. The highest BCUT2D eigenvalue weighted by Crippen LogP contribution is 2.23. The molecule has 0 spiro atoms. The van der Waals surface area contributed by atoms with Crippen LogP contribution in [0.5, 0.6) is 0 Å². The van der Waals surface area contributed by atoms with Gasteiger partial charge in [0.1, 0.15) is 0 Å². The van der Waals surface area contributed by atoms with Gasteiger partial charge >= 0.3 is 0 Å². The molecule has 1 atom stereocenters. The molecule has 0 saturated carbocycles. The van der Waals surface area contributed by atoms with E-state index < -0.39 is 5.54 Å². The summed E-state index contributed by atoms with van der Waals surface area (Å²) in [6, 6.07) is 4.11. The van der Waals surface area contributed by atoms with E-state index in [4.69, 9.17) is 5.73 Å². The van der Waals surface area contributed by atoms with Gasteiger partial charge in [0.15, 0.2) is 0 Å². The number of carbonyl (C=O) groups excluding carboxylic acids is 1. The first-order chi connectivity index (χ1) is 8.40. The van der Waals surface area contributed by atoms with Gasteiger partial charge in [-0.3, -0.25) is 15.1 Å². The number of amides is 1. The minimum atomic E-state index is -0.732. The van der Waals surface area contributed by atoms with Crippen LogP contribution in [0.3, 0.4) is 0 Å². The first-order valence-electron chi connectivity index (χ1n) is 5.81. The number of hydrogen-bond acceptors (Lipinski definition) is 4. The number of aromatic nitrogens is 1. The number of thiophene rings is 1. The second-order valence-corrected chi connectivity index (χ2v) is 5.88. The van der Waals surface area contributed by atoms with Gasteiger partial charge in [0.25, 0.3) is 0 Å². The third-order valence-electron chi connectivity index (χ3n) is 3.02. The van der Waals surface area contributed by atoms with Gasteiger partial charge in [-0.05, 0) is 43.8 Å². The van der Waals surface area contributed by atoms with Crippen molar-refractivity contribution >= 4 is 27.5 Å². The van der Waals surface area contributed by atoms with Gasteiger partial charge in [0.2, 0.25) is 5.91 Å². The summed E-state index contributed by atoms with van der Waals surface area (Å²) < 4.78 is 1.15. The van der Waals surface area contributed by atoms with Crippen molar-refractivity contribution in [2.75, 3.05) is 0 Å². The fraction of sp³-hybridized carbons (Fsp3) is 0.385. The second-order valence-electron chi connectivity index (χ2n) is 4.93. The number of rotatable bonds is 4. The molecule has 4 nitrogen and oxygen atoms in total. The summed E-state index contributed by atoms with van der Waals surface area (Å²) in [5, 5.41) is 5.24. The quantitative estimate of drug-likeness (QED) is 0.888. The summed E-state index contributed by atoms with van der Waals surface area (Å²) in [6.45, 7) is 5.56. The van der Waals surface area contributed by atoms with E-state index in [9.17, 15) is 4.79 Å². The Hall–Kier alpha value is -1.46. The van der Waals surface area contributed by atoms with Crippen LogP contribution in [-0.4, -0.2) is 16.4 Å². The topological polar surface area (TPSA) is 68.0 Å². The van der Waals surface area contributed by atoms with Crippen LogP contribution in [0.1, 0.15) is 32.4 Å². The van der Waals surface area contributed by atoms with Crippen LogP contribution in [0.4, 0.5) is 0 Å². The summed E-state index contributed by atoms with van der Waals surface area (Å²) in [6.07, 6.45) is 1.84. The van der Waals surface area contributed by atoms with E-state index in [-0.39, 0.29) is 11.9 Å². The Morgan fingerprint density at radius 2 is 2.28 bits per heavy atom. The van der Waals surface area contributed by atoms with Crippen molar-refractivity contribution in [3.63, 3.8) is 0 Å². The van der Waals surface area contributed by atoms with Crippen molar-refractivity contribution in [1.82, 2.24) is 10.3 Å². The third kappa shape index (κ3) is 2.52. The molecule has 0 bridgehead atoms. The SMILES string of the molecule is CC(NC(C)(C)C(N)=O)c1cnc2ccsc2c1. The average Bonchev–Trinajstić information content (AvgIpc) is 2.74. The van der Waals surface area contributed by atoms with E-state index in [0.29, 0.717) is 0 Å². The molecule has 3 N–H and O–H groups in total. The molecule has 0 aliphatic heterocycles. The number of nitrogens with one attached hydrogen (secondary N) is 1. The van der Waals surface area contributed by atoms with Crippen LogP contribution in [0.2, 0.25) is 0 Å². The summed E-state index contributed by atoms with van der Waals surface area (Å²) in [5.41, 5.74) is 6.68. The molecule has 2 heterocycles. The molecule has 0 fully saturated rings. The Balaban J connectivity index is 2.22. The lowest BCUT2D eigenvalue weighted by molar-refractivity contribution is -0.123. The fourth-order valence-corrected chi connectivity index (χ4v) is 2.58. The number of fused-ring (bicyclic) bond motifs is 1. The maximum absolute atomic E-state index is 11.3. The minimum Gasteiger partial charge on any atom is -0.368 e. The lowest BCUT2D eigenvalue weighted by Crippen LogP contribution is -2.51. The highest BCUT2D eigenvalue weighted by molar-refractivity contribution is 7.17. The van der Waals surface area contributed by atoms with Gasteiger partial charge in [-0.2, -0.15) is 0 Å². The Labute approximate surface area is 110 Å². The number of nitrogens with two attached hydrogens (primary N) is 1. The van der Waals surface area contributed by atoms with Crippen molar-refractivity contribution in [1.29, 1.82) is 0 Å². The molecular weight excluding hydrogens is 246 g/mol. The van der Waals surface area contributed by atoms with Crippen LogP contribution in [-0.2, 0) is 4.79 Å². The number of carbonyl (C=O) groups is 1. The summed E-state index contributed by atoms with van der Waals surface area (Å²) >= 11 is 1.66. The summed E-state index contributed by atoms with van der Waals surface area (Å²) in [4.78, 5) is 15.7. The van der Waals surface area contributed by atoms with E-state index in [2.05, 4.69) is 16.4 Å². The third-order valence-corrected chi connectivity index (χ3v) is 3.87. The molecule has 1 amide bonds. The smallest absolute Gasteiger partial charge is 0.237 e. The van der Waals surface area contributed by atoms with E-state index in [1.165, 1.54) is 0 Å². The van der Waals surface area contributed by atoms with Crippen LogP contribution in [0, 0.1) is 0 Å². The van der Waals surface area contributed by atoms with E-state index in [1.807, 2.05) is 24.6 Å². The highest BCUT2D eigenvalue weighted by Gasteiger charge is 2.26. The monoisotopic (exact) mass is 263 g/mol. The fourth-order valence-electron chi connectivity index (χ4n) is 1.79. The predicted molar refractivity (Wildman–Crippen MR) is 74.4 cm³/mol. The van der Waals surface area contributed by atoms with E-state index >= 15 is 0 Å². The Morgan fingerprint density at radius 1 is 1.56 bits per heavy atom. The molecule has 0 aliphatic rings. The van der Waals surface area contributed by atoms with Crippen molar-refractivity contribution in [3.05, 3.63) is 29.3 Å². The molecule has 2 aromatic heterocycles. The van der Waals surface area contributed by atoms with Crippen LogP contribution in [0.15, 0.2) is 23.7 Å². The number of hydrogen-bond donors (Lipinski definition) is 2. The van der Waals surface area contributed by atoms with Crippen LogP contribution < -0.4 is 11.1 Å². The molecule has 1 unspecified atom stereocenters. The van der Waals surface area contributed by atoms with Gasteiger partial charge in [0, 0.05) is 12.2 Å². The van der Waals surface area contributed by atoms with Gasteiger partial charge in [-0.1, -0.05) is 0 Å². The lowest BCUT2D eigenvalue weighted by Gasteiger charge is -2.27. The molecule has 18 heavy (non-hydrogen) atoms. The standard InChI is InChI=1S/C13H17N3OS/c1-8(16-13(2,3)12(14)17)9-6-11-10(15-7-9)4-5-18-11/h4-8,16H,1-3H3,(H2,14,17). The van der Waals surface area contributed by atoms with Gasteiger partial charge in [-0.15, -0.1) is 11.3 Å². The van der Waals surface area contributed by atoms with Crippen molar-refractivity contribution in [2.45, 2.75) is 32.4 Å². The Morgan fingerprint density at radius 3 is 2.94 bits per heavy atom. The zero-order valence-electron chi connectivity index (χ0n) is 10.7. The Bertz CT molecular complexity index is 576. The first kappa shape index (κ1) is 13.0. The Kier molecular flexibility index (Phi) is 3.36. The normalized spacial score (nSPS) is 13.7. The van der Waals surface area contributed by atoms with Gasteiger partial charge in [0.05, 0.1) is 15.8 Å². The van der Waals surface area contributed by atoms with Crippen molar-refractivity contribution in [2.24, 2.45) is 5.73 Å². The van der Waals surface area contributed by atoms with E-state index in [0.717, 1.165) is 15.8 Å². The maximum atomic E-state index is 11.3.